The molecule has 0 amide bonds. The normalized spacial score (nSPS) is 19.9. The molecule has 0 aliphatic carbocycles. The van der Waals surface area contributed by atoms with Crippen LogP contribution in [0.25, 0.3) is 0 Å². The van der Waals surface area contributed by atoms with Crippen molar-refractivity contribution in [3.8, 4) is 0 Å². The monoisotopic (exact) mass is 219 g/mol. The Morgan fingerprint density at radius 2 is 2.19 bits per heavy atom. The van der Waals surface area contributed by atoms with E-state index in [4.69, 9.17) is 5.10 Å². The molecule has 0 radical (unpaired) electrons. The topological polar surface area (TPSA) is 45.5 Å². The summed E-state index contributed by atoms with van der Waals surface area (Å²) in [5.41, 5.74) is 5.11. The van der Waals surface area contributed by atoms with E-state index >= 15 is 0 Å². The summed E-state index contributed by atoms with van der Waals surface area (Å²) in [6, 6.07) is 0. The van der Waals surface area contributed by atoms with Crippen molar-refractivity contribution in [2.24, 2.45) is 5.10 Å². The zero-order valence-corrected chi connectivity index (χ0v) is 9.82. The van der Waals surface area contributed by atoms with Crippen molar-refractivity contribution in [3.05, 3.63) is 17.0 Å². The van der Waals surface area contributed by atoms with Gasteiger partial charge in [-0.25, -0.2) is 0 Å². The Labute approximate surface area is 95.1 Å². The quantitative estimate of drug-likeness (QED) is 0.685. The van der Waals surface area contributed by atoms with Crippen LogP contribution in [0.1, 0.15) is 23.9 Å². The first-order chi connectivity index (χ1) is 7.74. The lowest BCUT2D eigenvalue weighted by Gasteiger charge is -2.15. The minimum Gasteiger partial charge on any atom is -0.312 e. The standard InChI is InChI=1S/C11H17N5/c1-8-6-16-11(7-15(2)13-8)9-5-12-4-3-10(9)14-16/h12H,3-7H2,1-2H3. The maximum absolute atomic E-state index is 4.71. The second kappa shape index (κ2) is 3.59. The van der Waals surface area contributed by atoms with Gasteiger partial charge in [-0.05, 0) is 6.92 Å². The highest BCUT2D eigenvalue weighted by atomic mass is 15.5. The summed E-state index contributed by atoms with van der Waals surface area (Å²) < 4.78 is 2.12. The van der Waals surface area contributed by atoms with Gasteiger partial charge < -0.3 is 5.32 Å². The predicted octanol–water partition coefficient (Wildman–Crippen LogP) is 0.350. The lowest BCUT2D eigenvalue weighted by Crippen LogP contribution is -2.24. The largest absolute Gasteiger partial charge is 0.312 e. The Kier molecular flexibility index (Phi) is 2.21. The molecule has 86 valence electrons. The van der Waals surface area contributed by atoms with Gasteiger partial charge >= 0.3 is 0 Å². The van der Waals surface area contributed by atoms with Crippen LogP contribution in [-0.2, 0) is 26.1 Å². The van der Waals surface area contributed by atoms with Crippen molar-refractivity contribution in [3.63, 3.8) is 0 Å². The molecule has 3 rings (SSSR count). The van der Waals surface area contributed by atoms with Crippen molar-refractivity contribution < 1.29 is 0 Å². The molecule has 1 aromatic heterocycles. The van der Waals surface area contributed by atoms with E-state index in [0.717, 1.165) is 38.3 Å². The van der Waals surface area contributed by atoms with Crippen LogP contribution >= 0.6 is 0 Å². The first-order valence-electron chi connectivity index (χ1n) is 5.77. The Morgan fingerprint density at radius 1 is 1.31 bits per heavy atom. The maximum atomic E-state index is 4.71. The van der Waals surface area contributed by atoms with E-state index in [1.165, 1.54) is 17.0 Å². The summed E-state index contributed by atoms with van der Waals surface area (Å²) in [4.78, 5) is 0. The predicted molar refractivity (Wildman–Crippen MR) is 62.2 cm³/mol. The van der Waals surface area contributed by atoms with Crippen LogP contribution in [0.15, 0.2) is 5.10 Å². The second-order valence-corrected chi connectivity index (χ2v) is 4.61. The molecule has 1 aromatic rings. The summed E-state index contributed by atoms with van der Waals surface area (Å²) in [5, 5.41) is 14.6. The van der Waals surface area contributed by atoms with Crippen molar-refractivity contribution >= 4 is 5.71 Å². The van der Waals surface area contributed by atoms with Crippen LogP contribution < -0.4 is 5.32 Å². The molecule has 0 saturated carbocycles. The maximum Gasteiger partial charge on any atom is 0.0811 e. The van der Waals surface area contributed by atoms with E-state index in [2.05, 4.69) is 22.0 Å². The first kappa shape index (κ1) is 9.84. The number of aromatic nitrogens is 2. The van der Waals surface area contributed by atoms with E-state index < -0.39 is 0 Å². The van der Waals surface area contributed by atoms with Gasteiger partial charge in [-0.15, -0.1) is 0 Å². The van der Waals surface area contributed by atoms with E-state index in [0.29, 0.717) is 0 Å². The molecule has 2 aliphatic heterocycles. The average Bonchev–Trinajstić information content (AvgIpc) is 2.49. The molecule has 0 unspecified atom stereocenters. The number of fused-ring (bicyclic) bond motifs is 3. The second-order valence-electron chi connectivity index (χ2n) is 4.61. The Hall–Kier alpha value is -1.36. The molecular weight excluding hydrogens is 202 g/mol. The first-order valence-corrected chi connectivity index (χ1v) is 5.77. The minimum atomic E-state index is 0.826. The molecule has 0 aromatic carbocycles. The summed E-state index contributed by atoms with van der Waals surface area (Å²) in [7, 11) is 2.02. The molecule has 16 heavy (non-hydrogen) atoms. The van der Waals surface area contributed by atoms with Gasteiger partial charge in [0, 0.05) is 32.1 Å². The van der Waals surface area contributed by atoms with Crippen LogP contribution in [-0.4, -0.2) is 34.1 Å². The van der Waals surface area contributed by atoms with Gasteiger partial charge in [0.1, 0.15) is 0 Å². The van der Waals surface area contributed by atoms with Crippen LogP contribution in [0.4, 0.5) is 0 Å². The molecule has 0 atom stereocenters. The van der Waals surface area contributed by atoms with Crippen molar-refractivity contribution in [2.45, 2.75) is 33.0 Å². The highest BCUT2D eigenvalue weighted by Crippen LogP contribution is 2.21. The fourth-order valence-corrected chi connectivity index (χ4v) is 2.51. The van der Waals surface area contributed by atoms with E-state index in [9.17, 15) is 0 Å². The Bertz CT molecular complexity index is 445. The molecular formula is C11H17N5. The smallest absolute Gasteiger partial charge is 0.0811 e. The van der Waals surface area contributed by atoms with Gasteiger partial charge in [-0.1, -0.05) is 0 Å². The van der Waals surface area contributed by atoms with Gasteiger partial charge in [-0.2, -0.15) is 10.2 Å². The molecule has 0 spiro atoms. The number of hydrogen-bond acceptors (Lipinski definition) is 4. The fourth-order valence-electron chi connectivity index (χ4n) is 2.51. The van der Waals surface area contributed by atoms with Gasteiger partial charge in [0.25, 0.3) is 0 Å². The van der Waals surface area contributed by atoms with E-state index in [1.807, 2.05) is 12.1 Å². The van der Waals surface area contributed by atoms with Crippen LogP contribution in [0.3, 0.4) is 0 Å². The SMILES string of the molecule is CC1=NN(C)Cc2c3c(nn2C1)CCNC3. The summed E-state index contributed by atoms with van der Waals surface area (Å²) in [6.45, 7) is 5.75. The van der Waals surface area contributed by atoms with Crippen LogP contribution in [0.5, 0.6) is 0 Å². The number of rotatable bonds is 0. The fraction of sp³-hybridized carbons (Fsp3) is 0.636. The molecule has 0 fully saturated rings. The molecule has 3 heterocycles. The minimum absolute atomic E-state index is 0.826. The third kappa shape index (κ3) is 1.51. The van der Waals surface area contributed by atoms with Crippen LogP contribution in [0, 0.1) is 0 Å². The molecule has 5 nitrogen and oxygen atoms in total. The van der Waals surface area contributed by atoms with Crippen molar-refractivity contribution in [1.29, 1.82) is 0 Å². The molecule has 0 bridgehead atoms. The van der Waals surface area contributed by atoms with Crippen LogP contribution in [0.2, 0.25) is 0 Å². The van der Waals surface area contributed by atoms with Gasteiger partial charge in [0.05, 0.1) is 30.2 Å². The molecule has 1 N–H and O–H groups in total. The molecule has 0 saturated heterocycles. The number of nitrogens with one attached hydrogen (secondary N) is 1. The van der Waals surface area contributed by atoms with E-state index in [-0.39, 0.29) is 0 Å². The van der Waals surface area contributed by atoms with Gasteiger partial charge in [-0.3, -0.25) is 9.69 Å². The van der Waals surface area contributed by atoms with Crippen molar-refractivity contribution in [2.75, 3.05) is 13.6 Å². The third-order valence-corrected chi connectivity index (χ3v) is 3.19. The third-order valence-electron chi connectivity index (χ3n) is 3.19. The number of hydrazone groups is 1. The molecule has 2 aliphatic rings. The highest BCUT2D eigenvalue weighted by Gasteiger charge is 2.22. The highest BCUT2D eigenvalue weighted by molar-refractivity contribution is 5.81. The van der Waals surface area contributed by atoms with Gasteiger partial charge in [0.2, 0.25) is 0 Å². The summed E-state index contributed by atoms with van der Waals surface area (Å²) >= 11 is 0. The molecule has 5 heteroatoms. The zero-order valence-electron chi connectivity index (χ0n) is 9.82. The number of nitrogens with zero attached hydrogens (tertiary/aromatic N) is 4. The van der Waals surface area contributed by atoms with Crippen molar-refractivity contribution in [1.82, 2.24) is 20.1 Å². The zero-order chi connectivity index (χ0) is 11.1. The van der Waals surface area contributed by atoms with Gasteiger partial charge in [0.15, 0.2) is 0 Å². The summed E-state index contributed by atoms with van der Waals surface area (Å²) in [5.74, 6) is 0. The van der Waals surface area contributed by atoms with E-state index in [1.54, 1.807) is 0 Å². The lowest BCUT2D eigenvalue weighted by atomic mass is 10.1. The Morgan fingerprint density at radius 3 is 3.06 bits per heavy atom. The number of hydrogen-bond donors (Lipinski definition) is 1. The lowest BCUT2D eigenvalue weighted by molar-refractivity contribution is 0.341. The average molecular weight is 219 g/mol. The summed E-state index contributed by atoms with van der Waals surface area (Å²) in [6.07, 6.45) is 1.05. The Balaban J connectivity index is 2.06.